The van der Waals surface area contributed by atoms with Gasteiger partial charge in [-0.05, 0) is 58.0 Å². The van der Waals surface area contributed by atoms with Crippen molar-refractivity contribution in [3.63, 3.8) is 0 Å². The van der Waals surface area contributed by atoms with Crippen LogP contribution in [0.15, 0.2) is 22.7 Å². The highest BCUT2D eigenvalue weighted by molar-refractivity contribution is 6.30. The molecule has 0 spiro atoms. The average molecular weight is 348 g/mol. The number of hydrogen-bond acceptors (Lipinski definition) is 5. The molecule has 1 aromatic heterocycles. The normalized spacial score (nSPS) is 20.2. The number of aromatic nitrogens is 2. The fourth-order valence-corrected chi connectivity index (χ4v) is 3.79. The van der Waals surface area contributed by atoms with Gasteiger partial charge in [-0.1, -0.05) is 16.8 Å². The smallest absolute Gasteiger partial charge is 0.234 e. The minimum atomic E-state index is -0.216. The minimum absolute atomic E-state index is 0.0449. The third kappa shape index (κ3) is 2.50. The average Bonchev–Trinajstić information content (AvgIpc) is 3.46. The number of likely N-dealkylation sites (N-methyl/N-ethyl adjacent to an activating group) is 1. The van der Waals surface area contributed by atoms with Crippen LogP contribution >= 0.6 is 11.6 Å². The largest absolute Gasteiger partial charge is 0.496 e. The number of hydrogen-bond donors (Lipinski definition) is 0. The van der Waals surface area contributed by atoms with Crippen molar-refractivity contribution in [1.29, 1.82) is 0 Å². The van der Waals surface area contributed by atoms with Crippen molar-refractivity contribution in [2.24, 2.45) is 0 Å². The van der Waals surface area contributed by atoms with E-state index in [-0.39, 0.29) is 10.8 Å². The summed E-state index contributed by atoms with van der Waals surface area (Å²) in [5.41, 5.74) is 0.886. The fourth-order valence-electron chi connectivity index (χ4n) is 3.62. The summed E-state index contributed by atoms with van der Waals surface area (Å²) in [5, 5.41) is 5.04. The predicted octanol–water partition coefficient (Wildman–Crippen LogP) is 3.40. The van der Waals surface area contributed by atoms with Crippen LogP contribution < -0.4 is 4.74 Å². The number of ether oxygens (including phenoxy) is 1. The van der Waals surface area contributed by atoms with Crippen LogP contribution in [0.3, 0.4) is 0 Å². The van der Waals surface area contributed by atoms with Crippen molar-refractivity contribution < 1.29 is 9.26 Å². The van der Waals surface area contributed by atoms with E-state index in [1.807, 2.05) is 18.2 Å². The number of rotatable bonds is 6. The van der Waals surface area contributed by atoms with E-state index in [4.69, 9.17) is 25.8 Å². The molecule has 24 heavy (non-hydrogen) atoms. The second-order valence-corrected chi connectivity index (χ2v) is 7.80. The highest BCUT2D eigenvalue weighted by Crippen LogP contribution is 2.56. The highest BCUT2D eigenvalue weighted by Gasteiger charge is 2.54. The maximum Gasteiger partial charge on any atom is 0.234 e. The standard InChI is InChI=1S/C18H22ClN3O2/c1-22(2)11-17(6-7-17)16-20-15(21-24-16)18(8-9-18)13-10-12(19)4-5-14(13)23-3/h4-5,10H,6-9,11H2,1-3H3. The van der Waals surface area contributed by atoms with E-state index in [9.17, 15) is 0 Å². The Morgan fingerprint density at radius 1 is 1.25 bits per heavy atom. The van der Waals surface area contributed by atoms with Gasteiger partial charge in [-0.3, -0.25) is 0 Å². The van der Waals surface area contributed by atoms with Crippen molar-refractivity contribution in [1.82, 2.24) is 15.0 Å². The van der Waals surface area contributed by atoms with Gasteiger partial charge in [0, 0.05) is 17.1 Å². The monoisotopic (exact) mass is 347 g/mol. The Kier molecular flexibility index (Phi) is 3.62. The third-order valence-electron chi connectivity index (χ3n) is 5.21. The Hall–Kier alpha value is -1.59. The Morgan fingerprint density at radius 3 is 2.58 bits per heavy atom. The van der Waals surface area contributed by atoms with Gasteiger partial charge in [0.1, 0.15) is 5.75 Å². The van der Waals surface area contributed by atoms with E-state index in [0.717, 1.165) is 55.3 Å². The molecule has 128 valence electrons. The topological polar surface area (TPSA) is 51.4 Å². The summed E-state index contributed by atoms with van der Waals surface area (Å²) in [7, 11) is 5.84. The molecule has 0 atom stereocenters. The van der Waals surface area contributed by atoms with Gasteiger partial charge in [0.2, 0.25) is 5.89 Å². The molecule has 1 heterocycles. The Balaban J connectivity index is 1.69. The first-order valence-corrected chi connectivity index (χ1v) is 8.70. The quantitative estimate of drug-likeness (QED) is 0.801. The fraction of sp³-hybridized carbons (Fsp3) is 0.556. The van der Waals surface area contributed by atoms with Gasteiger partial charge < -0.3 is 14.2 Å². The molecule has 0 saturated heterocycles. The van der Waals surface area contributed by atoms with E-state index >= 15 is 0 Å². The lowest BCUT2D eigenvalue weighted by molar-refractivity contribution is 0.290. The molecule has 0 radical (unpaired) electrons. The van der Waals surface area contributed by atoms with Crippen LogP contribution in [0.4, 0.5) is 0 Å². The van der Waals surface area contributed by atoms with E-state index in [1.54, 1.807) is 7.11 Å². The molecule has 0 aliphatic heterocycles. The van der Waals surface area contributed by atoms with Crippen LogP contribution in [0.5, 0.6) is 5.75 Å². The van der Waals surface area contributed by atoms with Gasteiger partial charge >= 0.3 is 0 Å². The lowest BCUT2D eigenvalue weighted by atomic mass is 9.94. The van der Waals surface area contributed by atoms with Crippen LogP contribution in [0.1, 0.15) is 43.0 Å². The van der Waals surface area contributed by atoms with Gasteiger partial charge in [0.05, 0.1) is 17.9 Å². The molecule has 2 aliphatic carbocycles. The summed E-state index contributed by atoms with van der Waals surface area (Å²) in [6.07, 6.45) is 4.20. The third-order valence-corrected chi connectivity index (χ3v) is 5.44. The maximum atomic E-state index is 6.21. The molecule has 2 fully saturated rings. The van der Waals surface area contributed by atoms with Crippen LogP contribution in [0.25, 0.3) is 0 Å². The predicted molar refractivity (Wildman–Crippen MR) is 91.8 cm³/mol. The summed E-state index contributed by atoms with van der Waals surface area (Å²) >= 11 is 6.21. The van der Waals surface area contributed by atoms with Crippen molar-refractivity contribution in [2.75, 3.05) is 27.7 Å². The molecule has 0 unspecified atom stereocenters. The Bertz CT molecular complexity index is 763. The van der Waals surface area contributed by atoms with Crippen LogP contribution in [-0.2, 0) is 10.8 Å². The molecule has 4 rings (SSSR count). The van der Waals surface area contributed by atoms with Gasteiger partial charge in [0.25, 0.3) is 0 Å². The molecule has 0 bridgehead atoms. The van der Waals surface area contributed by atoms with Gasteiger partial charge in [0.15, 0.2) is 5.82 Å². The number of halogens is 1. The van der Waals surface area contributed by atoms with E-state index < -0.39 is 0 Å². The molecular formula is C18H22ClN3O2. The lowest BCUT2D eigenvalue weighted by Crippen LogP contribution is -2.26. The second kappa shape index (κ2) is 5.46. The summed E-state index contributed by atoms with van der Waals surface area (Å²) in [4.78, 5) is 6.99. The molecule has 0 N–H and O–H groups in total. The van der Waals surface area contributed by atoms with E-state index in [0.29, 0.717) is 5.02 Å². The van der Waals surface area contributed by atoms with Crippen LogP contribution in [-0.4, -0.2) is 42.8 Å². The number of benzene rings is 1. The van der Waals surface area contributed by atoms with Crippen molar-refractivity contribution >= 4 is 11.6 Å². The summed E-state index contributed by atoms with van der Waals surface area (Å²) in [5.74, 6) is 2.37. The summed E-state index contributed by atoms with van der Waals surface area (Å²) in [6, 6.07) is 5.72. The highest BCUT2D eigenvalue weighted by atomic mass is 35.5. The van der Waals surface area contributed by atoms with Crippen LogP contribution in [0, 0.1) is 0 Å². The molecule has 6 heteroatoms. The zero-order chi connectivity index (χ0) is 16.9. The molecule has 2 aliphatic rings. The minimum Gasteiger partial charge on any atom is -0.496 e. The number of methoxy groups -OCH3 is 1. The first-order chi connectivity index (χ1) is 11.5. The molecule has 0 amide bonds. The van der Waals surface area contributed by atoms with Crippen LogP contribution in [0.2, 0.25) is 5.02 Å². The van der Waals surface area contributed by atoms with E-state index in [1.165, 1.54) is 0 Å². The van der Waals surface area contributed by atoms with Gasteiger partial charge in [-0.25, -0.2) is 0 Å². The van der Waals surface area contributed by atoms with Crippen molar-refractivity contribution in [2.45, 2.75) is 36.5 Å². The molecule has 5 nitrogen and oxygen atoms in total. The Labute approximate surface area is 146 Å². The van der Waals surface area contributed by atoms with Crippen molar-refractivity contribution in [3.8, 4) is 5.75 Å². The summed E-state index contributed by atoms with van der Waals surface area (Å²) < 4.78 is 11.2. The molecule has 1 aromatic carbocycles. The van der Waals surface area contributed by atoms with Gasteiger partial charge in [-0.2, -0.15) is 4.98 Å². The lowest BCUT2D eigenvalue weighted by Gasteiger charge is -2.17. The first-order valence-electron chi connectivity index (χ1n) is 8.33. The first kappa shape index (κ1) is 15.9. The van der Waals surface area contributed by atoms with Crippen molar-refractivity contribution in [3.05, 3.63) is 40.5 Å². The molecular weight excluding hydrogens is 326 g/mol. The van der Waals surface area contributed by atoms with E-state index in [2.05, 4.69) is 24.2 Å². The van der Waals surface area contributed by atoms with Gasteiger partial charge in [-0.15, -0.1) is 0 Å². The zero-order valence-electron chi connectivity index (χ0n) is 14.3. The number of nitrogens with zero attached hydrogens (tertiary/aromatic N) is 3. The SMILES string of the molecule is COc1ccc(Cl)cc1C1(c2noc(C3(CN(C)C)CC3)n2)CC1. The molecule has 2 saturated carbocycles. The Morgan fingerprint density at radius 2 is 2.00 bits per heavy atom. The second-order valence-electron chi connectivity index (χ2n) is 7.37. The molecule has 2 aromatic rings. The zero-order valence-corrected chi connectivity index (χ0v) is 15.1. The summed E-state index contributed by atoms with van der Waals surface area (Å²) in [6.45, 7) is 0.947. The maximum absolute atomic E-state index is 6.21.